The summed E-state index contributed by atoms with van der Waals surface area (Å²) in [4.78, 5) is 11.1. The average molecular weight is 477 g/mol. The van der Waals surface area contributed by atoms with Gasteiger partial charge in [0.15, 0.2) is 5.16 Å². The fraction of sp³-hybridized carbons (Fsp3) is 0.200. The first-order valence-electron chi connectivity index (χ1n) is 10.6. The van der Waals surface area contributed by atoms with Crippen molar-refractivity contribution >= 4 is 11.8 Å². The van der Waals surface area contributed by atoms with Gasteiger partial charge in [-0.1, -0.05) is 54.2 Å². The first kappa shape index (κ1) is 23.3. The number of aryl methyl sites for hydroxylation is 1. The van der Waals surface area contributed by atoms with Crippen LogP contribution in [0.1, 0.15) is 22.2 Å². The number of ether oxygens (including phenoxy) is 2. The topological polar surface area (TPSA) is 92.3 Å². The molecule has 1 aromatic heterocycles. The highest BCUT2D eigenvalue weighted by Crippen LogP contribution is 2.36. The zero-order valence-electron chi connectivity index (χ0n) is 18.8. The number of aromatic nitrogens is 3. The average Bonchev–Trinajstić information content (AvgIpc) is 3.23. The van der Waals surface area contributed by atoms with E-state index in [9.17, 15) is 10.1 Å². The van der Waals surface area contributed by atoms with Crippen LogP contribution in [0.5, 0.6) is 11.5 Å². The van der Waals surface area contributed by atoms with Crippen LogP contribution < -0.4 is 9.47 Å². The lowest BCUT2D eigenvalue weighted by Crippen LogP contribution is -2.11. The van der Waals surface area contributed by atoms with Gasteiger partial charge in [0.25, 0.3) is 0 Å². The van der Waals surface area contributed by atoms with E-state index in [-0.39, 0.29) is 11.5 Å². The van der Waals surface area contributed by atoms with Crippen LogP contribution in [-0.2, 0) is 6.61 Å². The Labute approximate surface area is 201 Å². The lowest BCUT2D eigenvalue weighted by Gasteiger charge is -2.15. The number of nitrogens with zero attached hydrogens (tertiary/aromatic N) is 4. The van der Waals surface area contributed by atoms with Crippen LogP contribution in [0.3, 0.4) is 0 Å². The monoisotopic (exact) mass is 476 g/mol. The second-order valence-corrected chi connectivity index (χ2v) is 8.70. The first-order valence-corrected chi connectivity index (χ1v) is 11.5. The Bertz CT molecular complexity index is 1230. The van der Waals surface area contributed by atoms with E-state index in [1.807, 2.05) is 90.4 Å². The molecule has 0 radical (unpaired) electrons. The van der Waals surface area contributed by atoms with Crippen molar-refractivity contribution in [2.24, 2.45) is 0 Å². The Kier molecular flexibility index (Phi) is 7.44. The molecule has 0 unspecified atom stereocenters. The van der Waals surface area contributed by atoms with Crippen LogP contribution in [0.25, 0.3) is 5.69 Å². The molecule has 0 bridgehead atoms. The minimum absolute atomic E-state index is 0.247. The molecule has 0 amide bonds. The van der Waals surface area contributed by atoms with Crippen molar-refractivity contribution < 1.29 is 14.4 Å². The molecule has 0 saturated carbocycles. The molecular formula is C25H24N4O4S. The highest BCUT2D eigenvalue weighted by molar-refractivity contribution is 7.99. The molecule has 34 heavy (non-hydrogen) atoms. The molecule has 0 aliphatic rings. The molecule has 174 valence electrons. The summed E-state index contributed by atoms with van der Waals surface area (Å²) in [5, 5.41) is 20.1. The van der Waals surface area contributed by atoms with E-state index in [1.54, 1.807) is 7.11 Å². The van der Waals surface area contributed by atoms with Crippen molar-refractivity contribution in [1.82, 2.24) is 14.8 Å². The van der Waals surface area contributed by atoms with E-state index < -0.39 is 5.25 Å². The van der Waals surface area contributed by atoms with Gasteiger partial charge in [0.2, 0.25) is 6.54 Å². The Balaban J connectivity index is 1.53. The van der Waals surface area contributed by atoms with Gasteiger partial charge in [-0.3, -0.25) is 14.7 Å². The zero-order valence-corrected chi connectivity index (χ0v) is 19.6. The fourth-order valence-corrected chi connectivity index (χ4v) is 4.62. The predicted octanol–water partition coefficient (Wildman–Crippen LogP) is 5.27. The Morgan fingerprint density at radius 1 is 0.971 bits per heavy atom. The second kappa shape index (κ2) is 10.8. The van der Waals surface area contributed by atoms with Gasteiger partial charge in [-0.05, 0) is 54.4 Å². The minimum atomic E-state index is -0.446. The Hall–Kier alpha value is -3.85. The van der Waals surface area contributed by atoms with Crippen molar-refractivity contribution in [3.63, 3.8) is 0 Å². The zero-order chi connectivity index (χ0) is 23.9. The SMILES string of the molecule is COc1ccc(-n2c(C)nnc2S[C@@H](C[N+](=O)[O-])c2ccc(OCc3ccccc3)cc2)cc1. The number of hydrogen-bond donors (Lipinski definition) is 0. The maximum Gasteiger partial charge on any atom is 0.220 e. The van der Waals surface area contributed by atoms with Crippen LogP contribution >= 0.6 is 11.8 Å². The van der Waals surface area contributed by atoms with E-state index in [1.165, 1.54) is 11.8 Å². The first-order chi connectivity index (χ1) is 16.5. The van der Waals surface area contributed by atoms with Crippen molar-refractivity contribution in [1.29, 1.82) is 0 Å². The molecule has 0 aliphatic carbocycles. The molecule has 1 heterocycles. The lowest BCUT2D eigenvalue weighted by molar-refractivity contribution is -0.479. The quantitative estimate of drug-likeness (QED) is 0.175. The van der Waals surface area contributed by atoms with Gasteiger partial charge in [0, 0.05) is 10.6 Å². The highest BCUT2D eigenvalue weighted by Gasteiger charge is 2.24. The fourth-order valence-electron chi connectivity index (χ4n) is 3.44. The predicted molar refractivity (Wildman–Crippen MR) is 130 cm³/mol. The van der Waals surface area contributed by atoms with Gasteiger partial charge in [-0.15, -0.1) is 10.2 Å². The second-order valence-electron chi connectivity index (χ2n) is 7.53. The van der Waals surface area contributed by atoms with E-state index >= 15 is 0 Å². The van der Waals surface area contributed by atoms with E-state index in [0.717, 1.165) is 22.6 Å². The summed E-state index contributed by atoms with van der Waals surface area (Å²) >= 11 is 1.31. The third-order valence-corrected chi connectivity index (χ3v) is 6.37. The van der Waals surface area contributed by atoms with Crippen molar-refractivity contribution in [2.75, 3.05) is 13.7 Å². The summed E-state index contributed by atoms with van der Waals surface area (Å²) in [5.41, 5.74) is 2.74. The molecule has 0 N–H and O–H groups in total. The molecule has 9 heteroatoms. The molecule has 3 aromatic carbocycles. The number of rotatable bonds is 10. The lowest BCUT2D eigenvalue weighted by atomic mass is 10.1. The van der Waals surface area contributed by atoms with Crippen LogP contribution in [0.15, 0.2) is 84.0 Å². The Morgan fingerprint density at radius 2 is 1.65 bits per heavy atom. The smallest absolute Gasteiger partial charge is 0.220 e. The molecule has 8 nitrogen and oxygen atoms in total. The summed E-state index contributed by atoms with van der Waals surface area (Å²) in [6.07, 6.45) is 0. The molecule has 0 saturated heterocycles. The van der Waals surface area contributed by atoms with Gasteiger partial charge in [0.1, 0.15) is 29.2 Å². The van der Waals surface area contributed by atoms with E-state index in [2.05, 4.69) is 10.2 Å². The highest BCUT2D eigenvalue weighted by atomic mass is 32.2. The summed E-state index contributed by atoms with van der Waals surface area (Å²) in [6, 6.07) is 24.8. The molecule has 1 atom stereocenters. The normalized spacial score (nSPS) is 11.7. The summed E-state index contributed by atoms with van der Waals surface area (Å²) < 4.78 is 13.0. The summed E-state index contributed by atoms with van der Waals surface area (Å²) in [6.45, 7) is 2.06. The molecular weight excluding hydrogens is 452 g/mol. The van der Waals surface area contributed by atoms with E-state index in [0.29, 0.717) is 23.3 Å². The maximum atomic E-state index is 11.4. The van der Waals surface area contributed by atoms with Gasteiger partial charge in [-0.25, -0.2) is 0 Å². The third kappa shape index (κ3) is 5.74. The standard InChI is InChI=1S/C25H24N4O4S/c1-18-26-27-25(29(18)21-10-14-22(32-2)15-11-21)34-24(16-28(30)31)20-8-12-23(13-9-20)33-17-19-6-4-3-5-7-19/h3-15,24H,16-17H2,1-2H3/t24-/m0/s1. The van der Waals surface area contributed by atoms with Gasteiger partial charge < -0.3 is 9.47 Å². The van der Waals surface area contributed by atoms with Crippen LogP contribution in [-0.4, -0.2) is 33.3 Å². The van der Waals surface area contributed by atoms with Crippen LogP contribution in [0.4, 0.5) is 0 Å². The van der Waals surface area contributed by atoms with Crippen molar-refractivity contribution in [3.05, 3.63) is 106 Å². The van der Waals surface area contributed by atoms with Crippen LogP contribution in [0, 0.1) is 17.0 Å². The van der Waals surface area contributed by atoms with E-state index in [4.69, 9.17) is 9.47 Å². The van der Waals surface area contributed by atoms with Crippen molar-refractivity contribution in [2.45, 2.75) is 23.9 Å². The third-order valence-electron chi connectivity index (χ3n) is 5.19. The van der Waals surface area contributed by atoms with Gasteiger partial charge >= 0.3 is 0 Å². The number of methoxy groups -OCH3 is 1. The minimum Gasteiger partial charge on any atom is -0.497 e. The summed E-state index contributed by atoms with van der Waals surface area (Å²) in [5.74, 6) is 2.14. The molecule has 4 rings (SSSR count). The molecule has 0 fully saturated rings. The number of benzene rings is 3. The van der Waals surface area contributed by atoms with Crippen LogP contribution in [0.2, 0.25) is 0 Å². The van der Waals surface area contributed by atoms with Gasteiger partial charge in [-0.2, -0.15) is 0 Å². The molecule has 4 aromatic rings. The van der Waals surface area contributed by atoms with Crippen molar-refractivity contribution in [3.8, 4) is 17.2 Å². The van der Waals surface area contributed by atoms with Gasteiger partial charge in [0.05, 0.1) is 7.11 Å². The molecule has 0 spiro atoms. The largest absolute Gasteiger partial charge is 0.497 e. The molecule has 0 aliphatic heterocycles. The number of thioether (sulfide) groups is 1. The number of hydrogen-bond acceptors (Lipinski definition) is 7. The summed E-state index contributed by atoms with van der Waals surface area (Å²) in [7, 11) is 1.61. The number of nitro groups is 1. The Morgan fingerprint density at radius 3 is 2.29 bits per heavy atom. The maximum absolute atomic E-state index is 11.4.